The SMILES string of the molecule is CC(C)CNS(=O)(=O)NCC(O)C1CC1. The molecule has 15 heavy (non-hydrogen) atoms. The second-order valence-corrected chi connectivity index (χ2v) is 6.08. The van der Waals surface area contributed by atoms with Gasteiger partial charge in [0, 0.05) is 13.1 Å². The fourth-order valence-corrected chi connectivity index (χ4v) is 2.22. The Morgan fingerprint density at radius 1 is 1.27 bits per heavy atom. The number of hydrogen-bond acceptors (Lipinski definition) is 3. The lowest BCUT2D eigenvalue weighted by atomic mass is 10.2. The molecule has 1 unspecified atom stereocenters. The zero-order valence-electron chi connectivity index (χ0n) is 9.23. The van der Waals surface area contributed by atoms with Crippen LogP contribution in [0.2, 0.25) is 0 Å². The monoisotopic (exact) mass is 236 g/mol. The van der Waals surface area contributed by atoms with Gasteiger partial charge in [-0.25, -0.2) is 4.72 Å². The van der Waals surface area contributed by atoms with Crippen molar-refractivity contribution in [1.29, 1.82) is 0 Å². The van der Waals surface area contributed by atoms with Crippen molar-refractivity contribution in [1.82, 2.24) is 9.44 Å². The molecule has 1 aliphatic carbocycles. The summed E-state index contributed by atoms with van der Waals surface area (Å²) < 4.78 is 27.5. The van der Waals surface area contributed by atoms with Crippen LogP contribution in [0.1, 0.15) is 26.7 Å². The maximum absolute atomic E-state index is 11.3. The molecule has 5 nitrogen and oxygen atoms in total. The lowest BCUT2D eigenvalue weighted by Gasteiger charge is -2.12. The first kappa shape index (κ1) is 12.9. The van der Waals surface area contributed by atoms with Crippen LogP contribution in [0.25, 0.3) is 0 Å². The lowest BCUT2D eigenvalue weighted by molar-refractivity contribution is 0.155. The van der Waals surface area contributed by atoms with Crippen LogP contribution in [0, 0.1) is 11.8 Å². The molecule has 0 spiro atoms. The standard InChI is InChI=1S/C9H20N2O3S/c1-7(2)5-10-15(13,14)11-6-9(12)8-3-4-8/h7-12H,3-6H2,1-2H3. The van der Waals surface area contributed by atoms with E-state index in [1.165, 1.54) is 0 Å². The van der Waals surface area contributed by atoms with Gasteiger partial charge < -0.3 is 5.11 Å². The highest BCUT2D eigenvalue weighted by Crippen LogP contribution is 2.32. The lowest BCUT2D eigenvalue weighted by Crippen LogP contribution is -2.42. The van der Waals surface area contributed by atoms with Gasteiger partial charge in [0.25, 0.3) is 10.2 Å². The first-order valence-electron chi connectivity index (χ1n) is 5.33. The molecule has 90 valence electrons. The quantitative estimate of drug-likeness (QED) is 0.574. The minimum atomic E-state index is -3.44. The number of hydrogen-bond donors (Lipinski definition) is 3. The molecule has 1 saturated carbocycles. The molecule has 0 heterocycles. The summed E-state index contributed by atoms with van der Waals surface area (Å²) in [5, 5.41) is 9.47. The predicted octanol–water partition coefficient (Wildman–Crippen LogP) is -0.163. The molecule has 1 fully saturated rings. The Hall–Kier alpha value is -0.170. The first-order valence-corrected chi connectivity index (χ1v) is 6.81. The van der Waals surface area contributed by atoms with E-state index in [1.54, 1.807) is 0 Å². The normalized spacial score (nSPS) is 19.5. The molecule has 3 N–H and O–H groups in total. The maximum atomic E-state index is 11.3. The largest absolute Gasteiger partial charge is 0.391 e. The Labute approximate surface area is 91.4 Å². The molecule has 1 aliphatic rings. The fraction of sp³-hybridized carbons (Fsp3) is 1.00. The number of aliphatic hydroxyl groups is 1. The van der Waals surface area contributed by atoms with E-state index in [9.17, 15) is 13.5 Å². The fourth-order valence-electron chi connectivity index (χ4n) is 1.17. The van der Waals surface area contributed by atoms with E-state index >= 15 is 0 Å². The highest BCUT2D eigenvalue weighted by Gasteiger charge is 2.30. The van der Waals surface area contributed by atoms with Gasteiger partial charge in [-0.2, -0.15) is 13.1 Å². The second kappa shape index (κ2) is 5.25. The third kappa shape index (κ3) is 5.46. The molecule has 0 saturated heterocycles. The highest BCUT2D eigenvalue weighted by atomic mass is 32.2. The van der Waals surface area contributed by atoms with Crippen molar-refractivity contribution < 1.29 is 13.5 Å². The first-order chi connectivity index (χ1) is 6.91. The summed E-state index contributed by atoms with van der Waals surface area (Å²) in [5.41, 5.74) is 0. The summed E-state index contributed by atoms with van der Waals surface area (Å²) in [5.74, 6) is 0.563. The average Bonchev–Trinajstić information content (AvgIpc) is 2.94. The molecular formula is C9H20N2O3S. The number of nitrogens with one attached hydrogen (secondary N) is 2. The van der Waals surface area contributed by atoms with Crippen LogP contribution < -0.4 is 9.44 Å². The van der Waals surface area contributed by atoms with Crippen molar-refractivity contribution in [2.24, 2.45) is 11.8 Å². The molecule has 6 heteroatoms. The van der Waals surface area contributed by atoms with E-state index in [4.69, 9.17) is 0 Å². The molecular weight excluding hydrogens is 216 g/mol. The Kier molecular flexibility index (Phi) is 4.51. The van der Waals surface area contributed by atoms with Crippen molar-refractivity contribution in [3.63, 3.8) is 0 Å². The van der Waals surface area contributed by atoms with Gasteiger partial charge in [0.15, 0.2) is 0 Å². The predicted molar refractivity (Wildman–Crippen MR) is 58.5 cm³/mol. The minimum absolute atomic E-state index is 0.109. The molecule has 0 aromatic heterocycles. The molecule has 0 aromatic rings. The number of aliphatic hydroxyl groups excluding tert-OH is 1. The highest BCUT2D eigenvalue weighted by molar-refractivity contribution is 7.87. The Bertz CT molecular complexity index is 286. The molecule has 1 rings (SSSR count). The van der Waals surface area contributed by atoms with Gasteiger partial charge in [0.1, 0.15) is 0 Å². The van der Waals surface area contributed by atoms with E-state index in [2.05, 4.69) is 9.44 Å². The van der Waals surface area contributed by atoms with Crippen molar-refractivity contribution in [3.8, 4) is 0 Å². The zero-order valence-corrected chi connectivity index (χ0v) is 10.0. The van der Waals surface area contributed by atoms with Gasteiger partial charge in [-0.1, -0.05) is 13.8 Å². The van der Waals surface area contributed by atoms with Gasteiger partial charge in [-0.3, -0.25) is 0 Å². The van der Waals surface area contributed by atoms with Crippen molar-refractivity contribution in [2.75, 3.05) is 13.1 Å². The third-order valence-corrected chi connectivity index (χ3v) is 3.42. The van der Waals surface area contributed by atoms with E-state index in [1.807, 2.05) is 13.8 Å². The van der Waals surface area contributed by atoms with Crippen LogP contribution >= 0.6 is 0 Å². The Balaban J connectivity index is 2.22. The van der Waals surface area contributed by atoms with Crippen molar-refractivity contribution in [3.05, 3.63) is 0 Å². The van der Waals surface area contributed by atoms with Gasteiger partial charge in [-0.05, 0) is 24.7 Å². The Morgan fingerprint density at radius 2 is 1.80 bits per heavy atom. The van der Waals surface area contributed by atoms with Crippen molar-refractivity contribution in [2.45, 2.75) is 32.8 Å². The minimum Gasteiger partial charge on any atom is -0.391 e. The summed E-state index contributed by atoms with van der Waals surface area (Å²) in [6.07, 6.45) is 1.46. The molecule has 1 atom stereocenters. The van der Waals surface area contributed by atoms with Crippen LogP contribution in [0.3, 0.4) is 0 Å². The molecule has 0 aromatic carbocycles. The van der Waals surface area contributed by atoms with E-state index in [0.29, 0.717) is 6.54 Å². The van der Waals surface area contributed by atoms with E-state index in [-0.39, 0.29) is 18.4 Å². The summed E-state index contributed by atoms with van der Waals surface area (Å²) in [7, 11) is -3.44. The smallest absolute Gasteiger partial charge is 0.277 e. The van der Waals surface area contributed by atoms with Gasteiger partial charge >= 0.3 is 0 Å². The van der Waals surface area contributed by atoms with Gasteiger partial charge in [-0.15, -0.1) is 0 Å². The topological polar surface area (TPSA) is 78.4 Å². The third-order valence-electron chi connectivity index (χ3n) is 2.33. The van der Waals surface area contributed by atoms with Crippen LogP contribution in [0.15, 0.2) is 0 Å². The maximum Gasteiger partial charge on any atom is 0.277 e. The van der Waals surface area contributed by atoms with Crippen LogP contribution in [0.5, 0.6) is 0 Å². The second-order valence-electron chi connectivity index (χ2n) is 4.50. The summed E-state index contributed by atoms with van der Waals surface area (Å²) in [6.45, 7) is 4.39. The molecule has 0 bridgehead atoms. The van der Waals surface area contributed by atoms with Crippen LogP contribution in [-0.2, 0) is 10.2 Å². The van der Waals surface area contributed by atoms with E-state index in [0.717, 1.165) is 12.8 Å². The Morgan fingerprint density at radius 3 is 2.27 bits per heavy atom. The number of rotatable bonds is 7. The van der Waals surface area contributed by atoms with Gasteiger partial charge in [0.2, 0.25) is 0 Å². The van der Waals surface area contributed by atoms with Crippen LogP contribution in [0.4, 0.5) is 0 Å². The van der Waals surface area contributed by atoms with Crippen molar-refractivity contribution >= 4 is 10.2 Å². The molecule has 0 radical (unpaired) electrons. The summed E-state index contributed by atoms with van der Waals surface area (Å²) >= 11 is 0. The molecule has 0 amide bonds. The summed E-state index contributed by atoms with van der Waals surface area (Å²) in [4.78, 5) is 0. The van der Waals surface area contributed by atoms with E-state index < -0.39 is 16.3 Å². The zero-order chi connectivity index (χ0) is 11.5. The summed E-state index contributed by atoms with van der Waals surface area (Å²) in [6, 6.07) is 0. The average molecular weight is 236 g/mol. The molecule has 0 aliphatic heterocycles. The van der Waals surface area contributed by atoms with Crippen LogP contribution in [-0.4, -0.2) is 32.7 Å². The van der Waals surface area contributed by atoms with Gasteiger partial charge in [0.05, 0.1) is 6.10 Å².